The van der Waals surface area contributed by atoms with Crippen LogP contribution in [0.1, 0.15) is 21.7 Å². The molecule has 0 aliphatic rings. The van der Waals surface area contributed by atoms with Crippen molar-refractivity contribution < 1.29 is 48.0 Å². The van der Waals surface area contributed by atoms with Gasteiger partial charge < -0.3 is 14.2 Å². The lowest BCUT2D eigenvalue weighted by Crippen LogP contribution is -2.24. The Morgan fingerprint density at radius 3 is 2.15 bits per heavy atom. The Balaban J connectivity index is 1.86. The normalized spacial score (nSPS) is 11.9. The lowest BCUT2D eigenvalue weighted by molar-refractivity contribution is -0.143. The SMILES string of the molecule is CNC(=O)c1nnn(-c2cc(F)c(COc3ccc(OS(=O)(=O)F)cc3)c(F)c2)c1C(F)(F)F. The summed E-state index contributed by atoms with van der Waals surface area (Å²) in [6.07, 6.45) is -5.13. The summed E-state index contributed by atoms with van der Waals surface area (Å²) >= 11 is 0. The van der Waals surface area contributed by atoms with Crippen molar-refractivity contribution in [2.24, 2.45) is 0 Å². The maximum Gasteiger partial charge on any atom is 0.488 e. The second-order valence-corrected chi connectivity index (χ2v) is 7.35. The lowest BCUT2D eigenvalue weighted by atomic mass is 10.1. The molecule has 1 aromatic heterocycles. The smallest absolute Gasteiger partial charge is 0.488 e. The van der Waals surface area contributed by atoms with Crippen LogP contribution in [0, 0.1) is 11.6 Å². The molecular formula is C18H12F6N4O5S. The third-order valence-electron chi connectivity index (χ3n) is 4.15. The van der Waals surface area contributed by atoms with Crippen LogP contribution in [0.5, 0.6) is 11.5 Å². The van der Waals surface area contributed by atoms with E-state index in [1.165, 1.54) is 0 Å². The number of ether oxygens (including phenoxy) is 1. The summed E-state index contributed by atoms with van der Waals surface area (Å²) in [6.45, 7) is -0.716. The summed E-state index contributed by atoms with van der Waals surface area (Å²) in [4.78, 5) is 11.7. The average molecular weight is 510 g/mol. The first-order valence-corrected chi connectivity index (χ1v) is 10.2. The van der Waals surface area contributed by atoms with Crippen LogP contribution < -0.4 is 14.2 Å². The van der Waals surface area contributed by atoms with Crippen molar-refractivity contribution in [1.82, 2.24) is 20.3 Å². The Labute approximate surface area is 187 Å². The van der Waals surface area contributed by atoms with Crippen LogP contribution in [0.2, 0.25) is 0 Å². The summed E-state index contributed by atoms with van der Waals surface area (Å²) in [7, 11) is -4.18. The molecule has 0 fully saturated rings. The lowest BCUT2D eigenvalue weighted by Gasteiger charge is -2.13. The quantitative estimate of drug-likeness (QED) is 0.384. The molecule has 182 valence electrons. The molecular weight excluding hydrogens is 498 g/mol. The van der Waals surface area contributed by atoms with Gasteiger partial charge in [0.2, 0.25) is 0 Å². The average Bonchev–Trinajstić information content (AvgIpc) is 3.18. The third kappa shape index (κ3) is 5.56. The highest BCUT2D eigenvalue weighted by Crippen LogP contribution is 2.33. The molecule has 1 amide bonds. The molecule has 0 saturated heterocycles. The molecule has 0 unspecified atom stereocenters. The first kappa shape index (κ1) is 24.8. The molecule has 34 heavy (non-hydrogen) atoms. The van der Waals surface area contributed by atoms with Crippen molar-refractivity contribution in [3.8, 4) is 17.2 Å². The Kier molecular flexibility index (Phi) is 6.72. The Morgan fingerprint density at radius 1 is 1.09 bits per heavy atom. The van der Waals surface area contributed by atoms with Crippen molar-refractivity contribution in [1.29, 1.82) is 0 Å². The van der Waals surface area contributed by atoms with E-state index in [1.807, 2.05) is 5.32 Å². The van der Waals surface area contributed by atoms with Crippen LogP contribution in [-0.4, -0.2) is 36.4 Å². The van der Waals surface area contributed by atoms with E-state index in [0.717, 1.165) is 31.3 Å². The van der Waals surface area contributed by atoms with Crippen molar-refractivity contribution in [3.63, 3.8) is 0 Å². The van der Waals surface area contributed by atoms with E-state index in [0.29, 0.717) is 12.1 Å². The van der Waals surface area contributed by atoms with Gasteiger partial charge in [-0.15, -0.1) is 5.10 Å². The topological polar surface area (TPSA) is 112 Å². The molecule has 0 spiro atoms. The predicted octanol–water partition coefficient (Wildman–Crippen LogP) is 3.10. The van der Waals surface area contributed by atoms with E-state index in [1.54, 1.807) is 0 Å². The number of nitrogens with one attached hydrogen (secondary N) is 1. The molecule has 16 heteroatoms. The van der Waals surface area contributed by atoms with Gasteiger partial charge in [0.1, 0.15) is 29.7 Å². The van der Waals surface area contributed by atoms with Crippen molar-refractivity contribution in [2.45, 2.75) is 12.8 Å². The molecule has 3 rings (SSSR count). The highest BCUT2D eigenvalue weighted by molar-refractivity contribution is 7.81. The Morgan fingerprint density at radius 2 is 1.65 bits per heavy atom. The van der Waals surface area contributed by atoms with Crippen LogP contribution in [0.3, 0.4) is 0 Å². The fourth-order valence-electron chi connectivity index (χ4n) is 2.70. The summed E-state index contributed by atoms with van der Waals surface area (Å²) in [5.74, 6) is -4.18. The molecule has 9 nitrogen and oxygen atoms in total. The monoisotopic (exact) mass is 510 g/mol. The minimum absolute atomic E-state index is 0.0164. The first-order valence-electron chi connectivity index (χ1n) is 8.90. The van der Waals surface area contributed by atoms with Crippen LogP contribution >= 0.6 is 0 Å². The molecule has 1 N–H and O–H groups in total. The maximum atomic E-state index is 14.5. The standard InChI is InChI=1S/C18H12F6N4O5S/c1-25-17(29)15-16(18(21,22)23)28(27-26-15)9-6-13(19)12(14(20)7-9)8-32-10-2-4-11(5-3-10)33-34(24,30)31/h2-7H,8H2,1H3,(H,25,29). The number of nitrogens with zero attached hydrogens (tertiary/aromatic N) is 3. The number of carbonyl (C=O) groups excluding carboxylic acids is 1. The van der Waals surface area contributed by atoms with Crippen LogP contribution in [0.4, 0.5) is 25.8 Å². The van der Waals surface area contributed by atoms with Gasteiger partial charge in [-0.2, -0.15) is 21.6 Å². The van der Waals surface area contributed by atoms with Gasteiger partial charge in [-0.3, -0.25) is 4.79 Å². The molecule has 0 atom stereocenters. The zero-order valence-corrected chi connectivity index (χ0v) is 17.5. The third-order valence-corrected chi connectivity index (χ3v) is 4.55. The van der Waals surface area contributed by atoms with Crippen molar-refractivity contribution in [2.75, 3.05) is 7.05 Å². The number of carbonyl (C=O) groups is 1. The van der Waals surface area contributed by atoms with Gasteiger partial charge in [-0.25, -0.2) is 13.5 Å². The zero-order valence-electron chi connectivity index (χ0n) is 16.7. The van der Waals surface area contributed by atoms with Crippen LogP contribution in [0.25, 0.3) is 5.69 Å². The minimum atomic E-state index is -5.24. The van der Waals surface area contributed by atoms with Crippen molar-refractivity contribution >= 4 is 16.4 Å². The fraction of sp³-hybridized carbons (Fsp3) is 0.167. The molecule has 0 aliphatic heterocycles. The molecule has 2 aromatic carbocycles. The first-order chi connectivity index (χ1) is 15.8. The van der Waals surface area contributed by atoms with Gasteiger partial charge in [0.15, 0.2) is 11.4 Å². The number of alkyl halides is 3. The second kappa shape index (κ2) is 9.20. The Bertz CT molecular complexity index is 1300. The highest BCUT2D eigenvalue weighted by Gasteiger charge is 2.42. The number of halogens is 6. The van der Waals surface area contributed by atoms with E-state index < -0.39 is 63.5 Å². The van der Waals surface area contributed by atoms with Crippen LogP contribution in [0.15, 0.2) is 36.4 Å². The number of hydrogen-bond acceptors (Lipinski definition) is 7. The number of benzene rings is 2. The van der Waals surface area contributed by atoms with E-state index in [9.17, 15) is 39.1 Å². The molecule has 3 aromatic rings. The summed E-state index contributed by atoms with van der Waals surface area (Å²) in [6, 6.07) is 5.35. The molecule has 0 radical (unpaired) electrons. The molecule has 0 aliphatic carbocycles. The van der Waals surface area contributed by atoms with E-state index in [2.05, 4.69) is 14.5 Å². The largest absolute Gasteiger partial charge is 0.489 e. The van der Waals surface area contributed by atoms with E-state index in [4.69, 9.17) is 4.74 Å². The Hall–Kier alpha value is -3.82. The predicted molar refractivity (Wildman–Crippen MR) is 101 cm³/mol. The van der Waals surface area contributed by atoms with Gasteiger partial charge in [-0.1, -0.05) is 9.10 Å². The van der Waals surface area contributed by atoms with Gasteiger partial charge in [0, 0.05) is 19.2 Å². The molecule has 1 heterocycles. The van der Waals surface area contributed by atoms with Gasteiger partial charge in [0.25, 0.3) is 5.91 Å². The van der Waals surface area contributed by atoms with E-state index >= 15 is 0 Å². The summed E-state index contributed by atoms with van der Waals surface area (Å²) in [5, 5.41) is 8.32. The zero-order chi connectivity index (χ0) is 25.3. The van der Waals surface area contributed by atoms with Gasteiger partial charge in [0.05, 0.1) is 11.3 Å². The fourth-order valence-corrected chi connectivity index (χ4v) is 3.04. The number of aromatic nitrogens is 3. The number of rotatable bonds is 7. The summed E-state index contributed by atoms with van der Waals surface area (Å²) < 4.78 is 112. The van der Waals surface area contributed by atoms with Crippen molar-refractivity contribution in [3.05, 3.63) is 65.0 Å². The second-order valence-electron chi connectivity index (χ2n) is 6.40. The van der Waals surface area contributed by atoms with Crippen LogP contribution in [-0.2, 0) is 23.3 Å². The van der Waals surface area contributed by atoms with Gasteiger partial charge >= 0.3 is 16.7 Å². The van der Waals surface area contributed by atoms with Gasteiger partial charge in [-0.05, 0) is 24.3 Å². The molecule has 0 bridgehead atoms. The number of amides is 1. The minimum Gasteiger partial charge on any atom is -0.489 e. The maximum absolute atomic E-state index is 14.5. The molecule has 0 saturated carbocycles. The summed E-state index contributed by atoms with van der Waals surface area (Å²) in [5.41, 5.74) is -4.07. The van der Waals surface area contributed by atoms with E-state index in [-0.39, 0.29) is 16.2 Å². The number of hydrogen-bond donors (Lipinski definition) is 1. The highest BCUT2D eigenvalue weighted by atomic mass is 32.3.